The van der Waals surface area contributed by atoms with Crippen molar-refractivity contribution in [2.24, 2.45) is 0 Å². The van der Waals surface area contributed by atoms with Gasteiger partial charge in [0.15, 0.2) is 0 Å². The lowest BCUT2D eigenvalue weighted by Gasteiger charge is -2.10. The molecule has 0 aliphatic heterocycles. The Hall–Kier alpha value is -2.95. The minimum Gasteiger partial charge on any atom is -0.478 e. The lowest BCUT2D eigenvalue weighted by atomic mass is 10.1. The van der Waals surface area contributed by atoms with Crippen molar-refractivity contribution >= 4 is 171 Å². The lowest BCUT2D eigenvalue weighted by molar-refractivity contribution is 0.0698. The lowest BCUT2D eigenvalue weighted by Crippen LogP contribution is -2.03. The second kappa shape index (κ2) is 19.9. The van der Waals surface area contributed by atoms with Gasteiger partial charge in [-0.25, -0.2) is 14.8 Å². The van der Waals surface area contributed by atoms with Crippen LogP contribution in [-0.2, 0) is 4.57 Å². The molecule has 8 aromatic rings. The Kier molecular flexibility index (Phi) is 15.7. The first-order valence-corrected chi connectivity index (χ1v) is 24.3. The Morgan fingerprint density at radius 3 is 1.70 bits per heavy atom. The number of halogens is 8. The molecule has 0 saturated heterocycles. The fourth-order valence-corrected chi connectivity index (χ4v) is 7.75. The van der Waals surface area contributed by atoms with Gasteiger partial charge < -0.3 is 10.4 Å². The number of hydrogen-bond acceptors (Lipinski definition) is 5. The van der Waals surface area contributed by atoms with Crippen LogP contribution in [0.15, 0.2) is 129 Å². The smallest absolute Gasteiger partial charge is 0.339 e. The summed E-state index contributed by atoms with van der Waals surface area (Å²) >= 11 is 37.1. The van der Waals surface area contributed by atoms with Crippen LogP contribution in [0.1, 0.15) is 27.0 Å². The molecule has 0 aliphatic rings. The molecule has 0 amide bonds. The van der Waals surface area contributed by atoms with E-state index >= 15 is 0 Å². The van der Waals surface area contributed by atoms with E-state index in [4.69, 9.17) is 28.3 Å². The van der Waals surface area contributed by atoms with E-state index in [0.29, 0.717) is 5.69 Å². The number of aromatic carboxylic acids is 1. The number of nitrogens with zero attached hydrogens (tertiary/aromatic N) is 2. The molecule has 0 saturated carbocycles. The molecule has 0 fully saturated rings. The fraction of sp³-hybridized carbons (Fsp3) is 0.0714. The number of pyridine rings is 2. The van der Waals surface area contributed by atoms with Crippen molar-refractivity contribution in [2.75, 3.05) is 5.32 Å². The Bertz CT molecular complexity index is 2750. The third kappa shape index (κ3) is 12.5. The SMILES string of the molecule is Cc1ccc(C(=O)O)c(Nc2cccc(Br)c2)c1.Cc1ccc2c(Cl)c3c(Br)cccc3nc2c1.Cc1ccc2c(Cl)c3ccc(Br)cc3nc2c1.O=P(Cl)(Cl)Cl. The van der Waals surface area contributed by atoms with Gasteiger partial charge in [0.1, 0.15) is 0 Å². The van der Waals surface area contributed by atoms with Gasteiger partial charge in [-0.3, -0.25) is 4.57 Å². The van der Waals surface area contributed by atoms with Gasteiger partial charge in [-0.15, -0.1) is 0 Å². The highest BCUT2D eigenvalue weighted by Gasteiger charge is 2.12. The van der Waals surface area contributed by atoms with E-state index in [0.717, 1.165) is 78.3 Å². The molecule has 57 heavy (non-hydrogen) atoms. The van der Waals surface area contributed by atoms with E-state index in [9.17, 15) is 9.36 Å². The summed E-state index contributed by atoms with van der Waals surface area (Å²) in [5.41, 5.74) is 8.83. The number of carboxylic acid groups (broad SMARTS) is 1. The van der Waals surface area contributed by atoms with Crippen LogP contribution < -0.4 is 5.32 Å². The van der Waals surface area contributed by atoms with Crippen LogP contribution in [0.25, 0.3) is 43.6 Å². The standard InChI is InChI=1S/2C14H9BrClN.C14H12BrNO2.Cl3OP/c1-8-2-4-10-12(6-8)17-13-7-9(15)3-5-11(13)14(10)16;1-8-5-6-9-12(7-8)17-11-4-2-3-10(15)13(11)14(9)16;1-9-5-6-12(14(17)18)13(7-9)16-11-4-2-3-10(15)8-11;1-5(2,3)4/h2*2-7H,1H3;2-8,16H,1H3,(H,17,18);. The van der Waals surface area contributed by atoms with Gasteiger partial charge in [-0.1, -0.05) is 120 Å². The second-order valence-electron chi connectivity index (χ2n) is 12.6. The maximum Gasteiger partial charge on any atom is 0.339 e. The molecule has 2 N–H and O–H groups in total. The maximum atomic E-state index is 11.1. The Morgan fingerprint density at radius 2 is 1.11 bits per heavy atom. The van der Waals surface area contributed by atoms with Crippen LogP contribution in [0.4, 0.5) is 11.4 Å². The van der Waals surface area contributed by atoms with E-state index in [1.54, 1.807) is 12.1 Å². The van der Waals surface area contributed by atoms with Crippen molar-refractivity contribution < 1.29 is 14.5 Å². The zero-order valence-electron chi connectivity index (χ0n) is 30.1. The Balaban J connectivity index is 0.000000154. The average Bonchev–Trinajstić information content (AvgIpc) is 3.11. The molecule has 0 spiro atoms. The molecule has 0 aliphatic carbocycles. The zero-order valence-corrected chi connectivity index (χ0v) is 39.5. The molecule has 6 nitrogen and oxygen atoms in total. The first kappa shape index (κ1) is 45.1. The van der Waals surface area contributed by atoms with Crippen LogP contribution in [0.2, 0.25) is 10.0 Å². The number of rotatable bonds is 3. The van der Waals surface area contributed by atoms with E-state index in [-0.39, 0.29) is 5.56 Å². The maximum absolute atomic E-state index is 11.1. The van der Waals surface area contributed by atoms with Gasteiger partial charge in [0.2, 0.25) is 0 Å². The van der Waals surface area contributed by atoms with E-state index in [2.05, 4.69) is 135 Å². The van der Waals surface area contributed by atoms with Crippen molar-refractivity contribution in [1.29, 1.82) is 0 Å². The summed E-state index contributed by atoms with van der Waals surface area (Å²) in [4.78, 5) is 20.4. The van der Waals surface area contributed by atoms with E-state index in [1.165, 1.54) is 11.1 Å². The monoisotopic (exact) mass is 1070 g/mol. The van der Waals surface area contributed by atoms with E-state index < -0.39 is 11.2 Å². The summed E-state index contributed by atoms with van der Waals surface area (Å²) in [6, 6.07) is 37.0. The first-order chi connectivity index (χ1) is 26.9. The summed E-state index contributed by atoms with van der Waals surface area (Å²) in [7, 11) is 0. The van der Waals surface area contributed by atoms with Crippen molar-refractivity contribution in [3.63, 3.8) is 0 Å². The minimum atomic E-state index is -3.22. The van der Waals surface area contributed by atoms with Gasteiger partial charge in [-0.05, 0) is 138 Å². The topological polar surface area (TPSA) is 92.2 Å². The Labute approximate surface area is 379 Å². The Morgan fingerprint density at radius 1 is 0.614 bits per heavy atom. The van der Waals surface area contributed by atoms with Crippen molar-refractivity contribution in [2.45, 2.75) is 20.8 Å². The van der Waals surface area contributed by atoms with Gasteiger partial charge in [-0.2, -0.15) is 0 Å². The third-order valence-corrected chi connectivity index (χ3v) is 10.6. The number of carboxylic acids is 1. The summed E-state index contributed by atoms with van der Waals surface area (Å²) in [6.45, 7) is 6.04. The normalized spacial score (nSPS) is 10.9. The molecule has 2 aromatic heterocycles. The largest absolute Gasteiger partial charge is 0.478 e. The molecule has 292 valence electrons. The van der Waals surface area contributed by atoms with E-state index in [1.807, 2.05) is 85.8 Å². The summed E-state index contributed by atoms with van der Waals surface area (Å²) in [6.07, 6.45) is 0. The number of aromatic nitrogens is 2. The minimum absolute atomic E-state index is 0.264. The molecular weight excluding hydrogens is 1040 g/mol. The fourth-order valence-electron chi connectivity index (χ4n) is 5.65. The number of nitrogens with one attached hydrogen (secondary N) is 1. The molecule has 0 radical (unpaired) electrons. The first-order valence-electron chi connectivity index (χ1n) is 16.7. The predicted octanol–water partition coefficient (Wildman–Crippen LogP) is 17.2. The predicted molar refractivity (Wildman–Crippen MR) is 254 cm³/mol. The zero-order chi connectivity index (χ0) is 41.6. The number of aryl methyl sites for hydroxylation is 3. The number of hydrogen-bond donors (Lipinski definition) is 2. The summed E-state index contributed by atoms with van der Waals surface area (Å²) in [5.74, 6) is -0.938. The van der Waals surface area contributed by atoms with Crippen LogP contribution in [0.3, 0.4) is 0 Å². The quantitative estimate of drug-likeness (QED) is 0.135. The number of benzene rings is 6. The molecule has 0 bridgehead atoms. The van der Waals surface area contributed by atoms with Gasteiger partial charge >= 0.3 is 11.2 Å². The second-order valence-corrected chi connectivity index (χ2v) is 22.7. The van der Waals surface area contributed by atoms with Crippen molar-refractivity contribution in [3.05, 3.63) is 161 Å². The molecular formula is C42H30Br3Cl5N3O3P. The highest BCUT2D eigenvalue weighted by molar-refractivity contribution is 9.11. The van der Waals surface area contributed by atoms with Gasteiger partial charge in [0.05, 0.1) is 43.4 Å². The number of carbonyl (C=O) groups is 1. The van der Waals surface area contributed by atoms with Gasteiger partial charge in [0, 0.05) is 40.7 Å². The van der Waals surface area contributed by atoms with Crippen molar-refractivity contribution in [1.82, 2.24) is 9.97 Å². The van der Waals surface area contributed by atoms with Crippen LogP contribution in [-0.4, -0.2) is 21.0 Å². The molecule has 6 aromatic carbocycles. The molecule has 8 rings (SSSR count). The van der Waals surface area contributed by atoms with Crippen molar-refractivity contribution in [3.8, 4) is 0 Å². The molecule has 0 atom stereocenters. The molecule has 0 unspecified atom stereocenters. The highest BCUT2D eigenvalue weighted by atomic mass is 79.9. The van der Waals surface area contributed by atoms with Crippen LogP contribution in [0.5, 0.6) is 0 Å². The number of anilines is 2. The van der Waals surface area contributed by atoms with Gasteiger partial charge in [0.25, 0.3) is 0 Å². The molecule has 2 heterocycles. The molecule has 15 heteroatoms. The average molecular weight is 1070 g/mol. The summed E-state index contributed by atoms with van der Waals surface area (Å²) < 4.78 is 12.4. The van der Waals surface area contributed by atoms with Crippen LogP contribution in [0, 0.1) is 20.8 Å². The summed E-state index contributed by atoms with van der Waals surface area (Å²) in [5, 5.41) is 14.6. The highest BCUT2D eigenvalue weighted by Crippen LogP contribution is 2.61. The number of fused-ring (bicyclic) bond motifs is 4. The van der Waals surface area contributed by atoms with Crippen LogP contribution >= 0.6 is 110 Å². The third-order valence-electron chi connectivity index (χ3n) is 8.18.